The van der Waals surface area contributed by atoms with Crippen LogP contribution in [0.25, 0.3) is 11.1 Å². The van der Waals surface area contributed by atoms with E-state index in [9.17, 15) is 4.79 Å². The Balaban J connectivity index is 1.66. The van der Waals surface area contributed by atoms with E-state index in [0.717, 1.165) is 87.3 Å². The number of amides is 1. The molecule has 1 aliphatic heterocycles. The summed E-state index contributed by atoms with van der Waals surface area (Å²) in [5.74, 6) is 0.867. The standard InChI is InChI=1S/C33H51N5O4/c1-4-5-17-36-33(34)37-32(39)16-12-26-11-15-30(31(23-26)42-22-7-21-41-3)28-13-9-27(10-14-28)25-38-19-18-35-24-29(38)8-6-20-40-2/h9-11,13-15,23,29,35H,4-8,12,16-22,24-25H2,1-3H3,(H3,34,36,37,39). The van der Waals surface area contributed by atoms with E-state index in [2.05, 4.69) is 63.8 Å². The lowest BCUT2D eigenvalue weighted by atomic mass is 9.99. The van der Waals surface area contributed by atoms with E-state index in [-0.39, 0.29) is 11.9 Å². The number of rotatable bonds is 18. The highest BCUT2D eigenvalue weighted by Gasteiger charge is 2.22. The number of nitrogens with two attached hydrogens (primary N) is 1. The topological polar surface area (TPSA) is 110 Å². The molecule has 1 atom stereocenters. The maximum Gasteiger partial charge on any atom is 0.226 e. The Bertz CT molecular complexity index is 1090. The predicted molar refractivity (Wildman–Crippen MR) is 170 cm³/mol. The number of nitrogens with zero attached hydrogens (tertiary/aromatic N) is 2. The fraction of sp³-hybridized carbons (Fsp3) is 0.576. The zero-order valence-corrected chi connectivity index (χ0v) is 25.8. The second-order valence-electron chi connectivity index (χ2n) is 10.9. The van der Waals surface area contributed by atoms with Gasteiger partial charge in [0, 0.05) is 84.6 Å². The molecule has 9 nitrogen and oxygen atoms in total. The molecular weight excluding hydrogens is 530 g/mol. The summed E-state index contributed by atoms with van der Waals surface area (Å²) in [6.45, 7) is 8.77. The van der Waals surface area contributed by atoms with Gasteiger partial charge in [0.2, 0.25) is 5.91 Å². The molecule has 0 aromatic heterocycles. The third-order valence-corrected chi connectivity index (χ3v) is 7.51. The van der Waals surface area contributed by atoms with Gasteiger partial charge < -0.3 is 25.3 Å². The number of unbranched alkanes of at least 4 members (excludes halogenated alkanes) is 1. The Labute approximate surface area is 252 Å². The third-order valence-electron chi connectivity index (χ3n) is 7.51. The van der Waals surface area contributed by atoms with Crippen molar-refractivity contribution >= 4 is 11.9 Å². The Morgan fingerprint density at radius 1 is 1.05 bits per heavy atom. The van der Waals surface area contributed by atoms with Crippen LogP contribution in [-0.2, 0) is 27.2 Å². The Hall–Kier alpha value is -2.98. The third kappa shape index (κ3) is 11.7. The van der Waals surface area contributed by atoms with Crippen LogP contribution in [0.15, 0.2) is 47.5 Å². The number of carbonyl (C=O) groups excluding carboxylic acids is 1. The summed E-state index contributed by atoms with van der Waals surface area (Å²) >= 11 is 0. The molecule has 0 bridgehead atoms. The molecule has 2 aromatic rings. The van der Waals surface area contributed by atoms with Crippen LogP contribution in [-0.4, -0.2) is 83.0 Å². The maximum atomic E-state index is 12.4. The highest BCUT2D eigenvalue weighted by molar-refractivity contribution is 5.96. The lowest BCUT2D eigenvalue weighted by Crippen LogP contribution is -2.50. The van der Waals surface area contributed by atoms with Crippen LogP contribution >= 0.6 is 0 Å². The molecule has 0 radical (unpaired) electrons. The SMILES string of the molecule is CCCCN=C(N)NC(=O)CCc1ccc(-c2ccc(CN3CCNCC3CCCOC)cc2)c(OCCCOC)c1. The van der Waals surface area contributed by atoms with Crippen LogP contribution in [0.4, 0.5) is 0 Å². The first kappa shape index (κ1) is 33.5. The minimum Gasteiger partial charge on any atom is -0.493 e. The van der Waals surface area contributed by atoms with E-state index in [1.54, 1.807) is 14.2 Å². The van der Waals surface area contributed by atoms with E-state index in [1.807, 2.05) is 6.07 Å². The molecule has 2 aromatic carbocycles. The molecule has 232 valence electrons. The molecule has 0 saturated carbocycles. The van der Waals surface area contributed by atoms with Crippen molar-refractivity contribution < 1.29 is 19.0 Å². The van der Waals surface area contributed by atoms with Crippen LogP contribution in [0.1, 0.15) is 56.6 Å². The summed E-state index contributed by atoms with van der Waals surface area (Å²) in [6.07, 6.45) is 5.90. The minimum absolute atomic E-state index is 0.139. The van der Waals surface area contributed by atoms with Crippen LogP contribution in [0, 0.1) is 0 Å². The molecule has 0 aliphatic carbocycles. The van der Waals surface area contributed by atoms with E-state index in [1.165, 1.54) is 5.56 Å². The zero-order chi connectivity index (χ0) is 30.0. The van der Waals surface area contributed by atoms with Crippen molar-refractivity contribution in [3.8, 4) is 16.9 Å². The van der Waals surface area contributed by atoms with E-state index >= 15 is 0 Å². The van der Waals surface area contributed by atoms with Crippen molar-refractivity contribution in [3.05, 3.63) is 53.6 Å². The summed E-state index contributed by atoms with van der Waals surface area (Å²) in [7, 11) is 3.46. The normalized spacial score (nSPS) is 16.0. The number of hydrogen-bond acceptors (Lipinski definition) is 7. The molecule has 1 amide bonds. The summed E-state index contributed by atoms with van der Waals surface area (Å²) in [6, 6.07) is 15.6. The van der Waals surface area contributed by atoms with Gasteiger partial charge in [-0.05, 0) is 48.4 Å². The quantitative estimate of drug-likeness (QED) is 0.138. The number of aliphatic imine (C=N–C) groups is 1. The molecule has 0 spiro atoms. The Kier molecular flexibility index (Phi) is 15.4. The van der Waals surface area contributed by atoms with Gasteiger partial charge in [-0.1, -0.05) is 49.7 Å². The molecule has 1 heterocycles. The first-order valence-corrected chi connectivity index (χ1v) is 15.4. The number of methoxy groups -OCH3 is 2. The van der Waals surface area contributed by atoms with Crippen LogP contribution in [0.2, 0.25) is 0 Å². The first-order chi connectivity index (χ1) is 20.5. The monoisotopic (exact) mass is 581 g/mol. The van der Waals surface area contributed by atoms with Crippen LogP contribution < -0.4 is 21.1 Å². The van der Waals surface area contributed by atoms with Gasteiger partial charge in [-0.2, -0.15) is 0 Å². The number of hydrogen-bond donors (Lipinski definition) is 3. The van der Waals surface area contributed by atoms with Crippen molar-refractivity contribution in [2.75, 3.05) is 60.2 Å². The minimum atomic E-state index is -0.139. The Morgan fingerprint density at radius 2 is 1.81 bits per heavy atom. The van der Waals surface area contributed by atoms with Gasteiger partial charge in [0.1, 0.15) is 5.75 Å². The summed E-state index contributed by atoms with van der Waals surface area (Å²) in [5, 5.41) is 6.23. The maximum absolute atomic E-state index is 12.4. The molecule has 9 heteroatoms. The van der Waals surface area contributed by atoms with Crippen LogP contribution in [0.5, 0.6) is 5.75 Å². The first-order valence-electron chi connectivity index (χ1n) is 15.4. The molecule has 1 fully saturated rings. The Morgan fingerprint density at radius 3 is 2.57 bits per heavy atom. The molecular formula is C33H51N5O4. The van der Waals surface area contributed by atoms with Gasteiger partial charge in [0.15, 0.2) is 5.96 Å². The average Bonchev–Trinajstić information content (AvgIpc) is 3.00. The summed E-state index contributed by atoms with van der Waals surface area (Å²) in [5.41, 5.74) is 10.3. The largest absolute Gasteiger partial charge is 0.493 e. The van der Waals surface area contributed by atoms with Crippen LogP contribution in [0.3, 0.4) is 0 Å². The molecule has 3 rings (SSSR count). The van der Waals surface area contributed by atoms with Gasteiger partial charge in [0.05, 0.1) is 6.61 Å². The van der Waals surface area contributed by atoms with Gasteiger partial charge in [-0.15, -0.1) is 0 Å². The second-order valence-corrected chi connectivity index (χ2v) is 10.9. The molecule has 42 heavy (non-hydrogen) atoms. The number of nitrogens with one attached hydrogen (secondary N) is 2. The second kappa shape index (κ2) is 19.3. The number of aryl methyl sites for hydroxylation is 1. The fourth-order valence-corrected chi connectivity index (χ4v) is 5.11. The smallest absolute Gasteiger partial charge is 0.226 e. The number of piperazine rings is 1. The van der Waals surface area contributed by atoms with Crippen molar-refractivity contribution in [1.29, 1.82) is 0 Å². The molecule has 1 aliphatic rings. The molecule has 1 saturated heterocycles. The number of guanidine groups is 1. The number of ether oxygens (including phenoxy) is 3. The van der Waals surface area contributed by atoms with E-state index in [4.69, 9.17) is 19.9 Å². The zero-order valence-electron chi connectivity index (χ0n) is 25.8. The summed E-state index contributed by atoms with van der Waals surface area (Å²) in [4.78, 5) is 19.2. The average molecular weight is 582 g/mol. The van der Waals surface area contributed by atoms with Crippen molar-refractivity contribution in [1.82, 2.24) is 15.5 Å². The highest BCUT2D eigenvalue weighted by atomic mass is 16.5. The molecule has 4 N–H and O–H groups in total. The fourth-order valence-electron chi connectivity index (χ4n) is 5.11. The number of carbonyl (C=O) groups is 1. The lowest BCUT2D eigenvalue weighted by Gasteiger charge is -2.36. The van der Waals surface area contributed by atoms with Gasteiger partial charge in [-0.3, -0.25) is 20.0 Å². The van der Waals surface area contributed by atoms with E-state index in [0.29, 0.717) is 38.6 Å². The van der Waals surface area contributed by atoms with Crippen molar-refractivity contribution in [2.45, 2.75) is 64.5 Å². The summed E-state index contributed by atoms with van der Waals surface area (Å²) < 4.78 is 16.7. The number of benzene rings is 2. The molecule has 1 unspecified atom stereocenters. The predicted octanol–water partition coefficient (Wildman–Crippen LogP) is 4.13. The van der Waals surface area contributed by atoms with Gasteiger partial charge >= 0.3 is 0 Å². The highest BCUT2D eigenvalue weighted by Crippen LogP contribution is 2.32. The van der Waals surface area contributed by atoms with Crippen molar-refractivity contribution in [2.24, 2.45) is 10.7 Å². The van der Waals surface area contributed by atoms with E-state index < -0.39 is 0 Å². The van der Waals surface area contributed by atoms with Gasteiger partial charge in [-0.25, -0.2) is 0 Å². The van der Waals surface area contributed by atoms with Crippen molar-refractivity contribution in [3.63, 3.8) is 0 Å². The lowest BCUT2D eigenvalue weighted by molar-refractivity contribution is -0.119. The van der Waals surface area contributed by atoms with Gasteiger partial charge in [0.25, 0.3) is 0 Å².